The van der Waals surface area contributed by atoms with Crippen LogP contribution < -0.4 is 4.72 Å². The van der Waals surface area contributed by atoms with Gasteiger partial charge >= 0.3 is 0 Å². The molecule has 0 saturated heterocycles. The van der Waals surface area contributed by atoms with E-state index in [1.165, 1.54) is 0 Å². The van der Waals surface area contributed by atoms with Crippen molar-refractivity contribution in [1.29, 1.82) is 0 Å². The third-order valence-corrected chi connectivity index (χ3v) is 4.20. The Hall–Kier alpha value is 0.390. The average molecular weight is 272 g/mol. The fraction of sp³-hybridized carbons (Fsp3) is 1.00. The molecule has 0 aromatic heterocycles. The predicted octanol–water partition coefficient (Wildman–Crippen LogP) is 1.74. The van der Waals surface area contributed by atoms with Gasteiger partial charge < -0.3 is 0 Å². The van der Waals surface area contributed by atoms with Crippen molar-refractivity contribution in [2.24, 2.45) is 5.92 Å². The van der Waals surface area contributed by atoms with Crippen molar-refractivity contribution in [2.45, 2.75) is 32.0 Å². The lowest BCUT2D eigenvalue weighted by Crippen LogP contribution is -2.32. The molecule has 0 bridgehead atoms. The number of rotatable bonds is 6. The van der Waals surface area contributed by atoms with Gasteiger partial charge in [-0.15, -0.1) is 0 Å². The van der Waals surface area contributed by atoms with E-state index in [0.717, 1.165) is 6.42 Å². The van der Waals surface area contributed by atoms with Crippen LogP contribution in [0.3, 0.4) is 0 Å². The SMILES string of the molecule is CCC(Br)CNS(=O)(=O)CC(C)C. The zero-order chi connectivity index (χ0) is 10.5. The molecule has 0 aromatic rings. The molecule has 1 N–H and O–H groups in total. The van der Waals surface area contributed by atoms with Gasteiger partial charge in [0.05, 0.1) is 5.75 Å². The van der Waals surface area contributed by atoms with Crippen LogP contribution in [0.25, 0.3) is 0 Å². The van der Waals surface area contributed by atoms with E-state index in [-0.39, 0.29) is 16.5 Å². The first kappa shape index (κ1) is 13.4. The summed E-state index contributed by atoms with van der Waals surface area (Å²) in [6, 6.07) is 0. The van der Waals surface area contributed by atoms with Crippen LogP contribution in [0.5, 0.6) is 0 Å². The molecule has 0 fully saturated rings. The van der Waals surface area contributed by atoms with E-state index in [2.05, 4.69) is 20.7 Å². The molecule has 13 heavy (non-hydrogen) atoms. The Kier molecular flexibility index (Phi) is 6.16. The van der Waals surface area contributed by atoms with Crippen molar-refractivity contribution < 1.29 is 8.42 Å². The summed E-state index contributed by atoms with van der Waals surface area (Å²) in [5.74, 6) is 0.379. The van der Waals surface area contributed by atoms with Gasteiger partial charge in [-0.1, -0.05) is 36.7 Å². The van der Waals surface area contributed by atoms with E-state index in [1.54, 1.807) is 0 Å². The first-order chi connectivity index (χ1) is 5.87. The molecule has 0 saturated carbocycles. The summed E-state index contributed by atoms with van der Waals surface area (Å²) in [6.45, 7) is 6.27. The molecule has 1 unspecified atom stereocenters. The highest BCUT2D eigenvalue weighted by Crippen LogP contribution is 2.04. The van der Waals surface area contributed by atoms with Crippen molar-refractivity contribution >= 4 is 26.0 Å². The number of sulfonamides is 1. The normalized spacial score (nSPS) is 14.8. The molecule has 0 rings (SSSR count). The second-order valence-electron chi connectivity index (χ2n) is 3.53. The summed E-state index contributed by atoms with van der Waals surface area (Å²) in [6.07, 6.45) is 0.921. The maximum atomic E-state index is 11.3. The minimum Gasteiger partial charge on any atom is -0.214 e. The minimum atomic E-state index is -3.07. The second-order valence-corrected chi connectivity index (χ2v) is 6.68. The summed E-state index contributed by atoms with van der Waals surface area (Å²) < 4.78 is 25.2. The van der Waals surface area contributed by atoms with Crippen LogP contribution in [0.2, 0.25) is 0 Å². The van der Waals surface area contributed by atoms with Crippen LogP contribution in [-0.4, -0.2) is 25.5 Å². The molecular formula is C8H18BrNO2S. The molecule has 0 aliphatic heterocycles. The fourth-order valence-corrected chi connectivity index (χ4v) is 2.69. The van der Waals surface area contributed by atoms with Gasteiger partial charge in [-0.05, 0) is 12.3 Å². The van der Waals surface area contributed by atoms with Crippen LogP contribution >= 0.6 is 15.9 Å². The quantitative estimate of drug-likeness (QED) is 0.748. The van der Waals surface area contributed by atoms with E-state index >= 15 is 0 Å². The van der Waals surface area contributed by atoms with Crippen molar-refractivity contribution in [3.05, 3.63) is 0 Å². The van der Waals surface area contributed by atoms with E-state index in [1.807, 2.05) is 20.8 Å². The Morgan fingerprint density at radius 3 is 2.31 bits per heavy atom. The zero-order valence-electron chi connectivity index (χ0n) is 8.38. The summed E-state index contributed by atoms with van der Waals surface area (Å²) in [4.78, 5) is 0.231. The van der Waals surface area contributed by atoms with Gasteiger partial charge in [0.2, 0.25) is 10.0 Å². The van der Waals surface area contributed by atoms with Crippen molar-refractivity contribution in [3.63, 3.8) is 0 Å². The number of hydrogen-bond donors (Lipinski definition) is 1. The zero-order valence-corrected chi connectivity index (χ0v) is 10.8. The van der Waals surface area contributed by atoms with Crippen LogP contribution in [0.1, 0.15) is 27.2 Å². The van der Waals surface area contributed by atoms with Gasteiger partial charge in [0.15, 0.2) is 0 Å². The first-order valence-corrected chi connectivity index (χ1v) is 7.05. The molecule has 0 amide bonds. The lowest BCUT2D eigenvalue weighted by molar-refractivity contribution is 0.566. The number of hydrogen-bond acceptors (Lipinski definition) is 2. The molecule has 0 spiro atoms. The van der Waals surface area contributed by atoms with Gasteiger partial charge in [0.1, 0.15) is 0 Å². The maximum Gasteiger partial charge on any atom is 0.211 e. The number of nitrogens with one attached hydrogen (secondary N) is 1. The molecule has 0 heterocycles. The summed E-state index contributed by atoms with van der Waals surface area (Å²) in [5.41, 5.74) is 0. The van der Waals surface area contributed by atoms with Gasteiger partial charge in [0, 0.05) is 11.4 Å². The Morgan fingerprint density at radius 2 is 1.92 bits per heavy atom. The summed E-state index contributed by atoms with van der Waals surface area (Å²) >= 11 is 3.37. The first-order valence-electron chi connectivity index (χ1n) is 4.48. The monoisotopic (exact) mass is 271 g/mol. The topological polar surface area (TPSA) is 46.2 Å². The third-order valence-electron chi connectivity index (χ3n) is 1.52. The van der Waals surface area contributed by atoms with E-state index in [9.17, 15) is 8.42 Å². The Morgan fingerprint density at radius 1 is 1.38 bits per heavy atom. The van der Waals surface area contributed by atoms with Gasteiger partial charge in [-0.25, -0.2) is 13.1 Å². The maximum absolute atomic E-state index is 11.3. The van der Waals surface area contributed by atoms with E-state index < -0.39 is 10.0 Å². The standard InChI is InChI=1S/C8H18BrNO2S/c1-4-8(9)5-10-13(11,12)6-7(2)3/h7-8,10H,4-6H2,1-3H3. The van der Waals surface area contributed by atoms with E-state index in [0.29, 0.717) is 6.54 Å². The number of halogens is 1. The van der Waals surface area contributed by atoms with Gasteiger partial charge in [-0.3, -0.25) is 0 Å². The predicted molar refractivity (Wildman–Crippen MR) is 59.6 cm³/mol. The molecular weight excluding hydrogens is 254 g/mol. The largest absolute Gasteiger partial charge is 0.214 e. The fourth-order valence-electron chi connectivity index (χ4n) is 0.859. The Bertz CT molecular complexity index is 226. The highest BCUT2D eigenvalue weighted by atomic mass is 79.9. The lowest BCUT2D eigenvalue weighted by Gasteiger charge is -2.10. The van der Waals surface area contributed by atoms with Crippen molar-refractivity contribution in [2.75, 3.05) is 12.3 Å². The van der Waals surface area contributed by atoms with Gasteiger partial charge in [0.25, 0.3) is 0 Å². The smallest absolute Gasteiger partial charge is 0.211 e. The Labute approximate surface area is 89.5 Å². The van der Waals surface area contributed by atoms with Crippen LogP contribution in [0.15, 0.2) is 0 Å². The molecule has 0 aromatic carbocycles. The molecule has 0 aliphatic carbocycles. The molecule has 80 valence electrons. The highest BCUT2D eigenvalue weighted by molar-refractivity contribution is 9.09. The van der Waals surface area contributed by atoms with Crippen molar-refractivity contribution in [1.82, 2.24) is 4.72 Å². The third kappa shape index (κ3) is 7.46. The summed E-state index contributed by atoms with van der Waals surface area (Å²) in [5, 5.41) is 0. The lowest BCUT2D eigenvalue weighted by atomic mass is 10.3. The number of alkyl halides is 1. The average Bonchev–Trinajstić information content (AvgIpc) is 1.98. The van der Waals surface area contributed by atoms with Crippen LogP contribution in [-0.2, 0) is 10.0 Å². The van der Waals surface area contributed by atoms with Crippen molar-refractivity contribution in [3.8, 4) is 0 Å². The van der Waals surface area contributed by atoms with Crippen LogP contribution in [0, 0.1) is 5.92 Å². The highest BCUT2D eigenvalue weighted by Gasteiger charge is 2.13. The minimum absolute atomic E-state index is 0.174. The molecule has 1 atom stereocenters. The van der Waals surface area contributed by atoms with E-state index in [4.69, 9.17) is 0 Å². The molecule has 0 radical (unpaired) electrons. The van der Waals surface area contributed by atoms with Crippen LogP contribution in [0.4, 0.5) is 0 Å². The molecule has 0 aliphatic rings. The molecule has 3 nitrogen and oxygen atoms in total. The van der Waals surface area contributed by atoms with Gasteiger partial charge in [-0.2, -0.15) is 0 Å². The molecule has 5 heteroatoms. The second kappa shape index (κ2) is 5.98. The summed E-state index contributed by atoms with van der Waals surface area (Å²) in [7, 11) is -3.07. The Balaban J connectivity index is 3.90.